The molecule has 0 aliphatic carbocycles. The Balaban J connectivity index is 0.00000154. The number of benzene rings is 4. The molecule has 0 amide bonds. The van der Waals surface area contributed by atoms with Crippen molar-refractivity contribution in [3.8, 4) is 22.3 Å². The van der Waals surface area contributed by atoms with Crippen molar-refractivity contribution < 1.29 is 25.8 Å². The third kappa shape index (κ3) is 5.59. The van der Waals surface area contributed by atoms with Crippen LogP contribution >= 0.6 is 0 Å². The average molecular weight is 701 g/mol. The fourth-order valence-corrected chi connectivity index (χ4v) is 6.20. The molecule has 6 aromatic rings. The average Bonchev–Trinajstić information content (AvgIpc) is 3.56. The van der Waals surface area contributed by atoms with Crippen LogP contribution in [0.3, 0.4) is 0 Å². The van der Waals surface area contributed by atoms with Crippen molar-refractivity contribution in [2.75, 3.05) is 0 Å². The summed E-state index contributed by atoms with van der Waals surface area (Å²) < 4.78 is 0. The molecule has 0 unspecified atom stereocenters. The van der Waals surface area contributed by atoms with Crippen molar-refractivity contribution >= 4 is 21.5 Å². The molecule has 0 heterocycles. The molecule has 0 aromatic heterocycles. The Morgan fingerprint density at radius 2 is 0.976 bits per heavy atom. The molecule has 0 radical (unpaired) electrons. The maximum absolute atomic E-state index is 2.46. The molecule has 0 bridgehead atoms. The quantitative estimate of drug-likeness (QED) is 0.124. The van der Waals surface area contributed by atoms with Gasteiger partial charge in [0.15, 0.2) is 0 Å². The van der Waals surface area contributed by atoms with Crippen molar-refractivity contribution in [1.29, 1.82) is 0 Å². The summed E-state index contributed by atoms with van der Waals surface area (Å²) in [6.07, 6.45) is 1.04. The molecule has 0 saturated heterocycles. The minimum atomic E-state index is -0.0735. The van der Waals surface area contributed by atoms with Gasteiger partial charge in [0.1, 0.15) is 0 Å². The summed E-state index contributed by atoms with van der Waals surface area (Å²) in [6, 6.07) is 36.8. The summed E-state index contributed by atoms with van der Waals surface area (Å²) in [4.78, 5) is 0. The van der Waals surface area contributed by atoms with Gasteiger partial charge in [0.2, 0.25) is 0 Å². The van der Waals surface area contributed by atoms with Crippen LogP contribution in [-0.2, 0) is 31.3 Å². The van der Waals surface area contributed by atoms with E-state index < -0.39 is 0 Å². The standard InChI is InChI=1S/C38H36.2CH3.Hf/c1-7-38(6,30-20-28-10-8-12-32(36(28)22-30)34-18-24(2)14-16-26(34)4)31-21-29-11-9-13-33(37(29)23-31)35-19-25(3)15-17-27(35)5;;;/h8-23H,7H2,1-6H3;2*1H3;/q-2;2*-1;+4. The minimum absolute atomic E-state index is 0. The molecule has 0 N–H and O–H groups in total. The van der Waals surface area contributed by atoms with Crippen molar-refractivity contribution in [3.05, 3.63) is 145 Å². The molecule has 0 atom stereocenters. The summed E-state index contributed by atoms with van der Waals surface area (Å²) in [5, 5.41) is 5.35. The van der Waals surface area contributed by atoms with Gasteiger partial charge in [-0.1, -0.05) is 84.6 Å². The van der Waals surface area contributed by atoms with E-state index in [-0.39, 0.29) is 46.1 Å². The third-order valence-electron chi connectivity index (χ3n) is 8.85. The van der Waals surface area contributed by atoms with Gasteiger partial charge in [-0.25, -0.2) is 0 Å². The second-order valence-corrected chi connectivity index (χ2v) is 11.4. The van der Waals surface area contributed by atoms with Crippen molar-refractivity contribution in [2.24, 2.45) is 0 Å². The van der Waals surface area contributed by atoms with Gasteiger partial charge >= 0.3 is 25.8 Å². The van der Waals surface area contributed by atoms with E-state index >= 15 is 0 Å². The molecule has 206 valence electrons. The molecular formula is C40H42Hf. The number of hydrogen-bond donors (Lipinski definition) is 0. The van der Waals surface area contributed by atoms with E-state index in [9.17, 15) is 0 Å². The second-order valence-electron chi connectivity index (χ2n) is 11.4. The first-order valence-corrected chi connectivity index (χ1v) is 13.8. The van der Waals surface area contributed by atoms with Crippen LogP contribution in [0.5, 0.6) is 0 Å². The van der Waals surface area contributed by atoms with Crippen LogP contribution in [0.25, 0.3) is 43.8 Å². The Bertz CT molecular complexity index is 1680. The predicted molar refractivity (Wildman–Crippen MR) is 178 cm³/mol. The predicted octanol–water partition coefficient (Wildman–Crippen LogP) is 11.6. The Morgan fingerprint density at radius 3 is 1.37 bits per heavy atom. The van der Waals surface area contributed by atoms with E-state index in [0.29, 0.717) is 0 Å². The van der Waals surface area contributed by atoms with E-state index in [1.54, 1.807) is 0 Å². The largest absolute Gasteiger partial charge is 4.00 e. The SMILES string of the molecule is CCC(C)(c1cc2c(-c3cc(C)ccc3C)cccc2[cH-]1)c1cc2c(-c3cc(C)ccc3C)cccc2[cH-]1.[CH3-].[CH3-].[Hf+4]. The zero-order valence-corrected chi connectivity index (χ0v) is 29.5. The summed E-state index contributed by atoms with van der Waals surface area (Å²) >= 11 is 0. The summed E-state index contributed by atoms with van der Waals surface area (Å²) in [5.74, 6) is 0. The Hall–Kier alpha value is -3.03. The molecule has 0 fully saturated rings. The zero-order chi connectivity index (χ0) is 26.6. The van der Waals surface area contributed by atoms with Gasteiger partial charge in [-0.15, -0.1) is 69.1 Å². The van der Waals surface area contributed by atoms with E-state index in [4.69, 9.17) is 0 Å². The van der Waals surface area contributed by atoms with Crippen molar-refractivity contribution in [1.82, 2.24) is 0 Å². The molecule has 0 saturated carbocycles. The fourth-order valence-electron chi connectivity index (χ4n) is 6.20. The number of aryl methyl sites for hydroxylation is 4. The first-order chi connectivity index (χ1) is 18.3. The summed E-state index contributed by atoms with van der Waals surface area (Å²) in [5.41, 5.74) is 13.3. The van der Waals surface area contributed by atoms with Gasteiger partial charge in [-0.3, -0.25) is 0 Å². The molecule has 0 nitrogen and oxygen atoms in total. The monoisotopic (exact) mass is 702 g/mol. The molecule has 1 heteroatoms. The maximum Gasteiger partial charge on any atom is 4.00 e. The van der Waals surface area contributed by atoms with Crippen LogP contribution in [0.2, 0.25) is 0 Å². The normalized spacial score (nSPS) is 11.2. The van der Waals surface area contributed by atoms with Crippen LogP contribution in [0, 0.1) is 42.5 Å². The Kier molecular flexibility index (Phi) is 9.87. The van der Waals surface area contributed by atoms with E-state index in [2.05, 4.69) is 139 Å². The van der Waals surface area contributed by atoms with Crippen molar-refractivity contribution in [2.45, 2.75) is 53.4 Å². The second kappa shape index (κ2) is 12.5. The Morgan fingerprint density at radius 1 is 0.561 bits per heavy atom. The van der Waals surface area contributed by atoms with E-state index in [0.717, 1.165) is 6.42 Å². The van der Waals surface area contributed by atoms with E-state index in [1.165, 1.54) is 77.2 Å². The zero-order valence-electron chi connectivity index (χ0n) is 25.9. The molecule has 0 aliphatic rings. The van der Waals surface area contributed by atoms with Gasteiger partial charge in [0.05, 0.1) is 0 Å². The van der Waals surface area contributed by atoms with Crippen molar-refractivity contribution in [3.63, 3.8) is 0 Å². The molecule has 0 spiro atoms. The first-order valence-electron chi connectivity index (χ1n) is 13.8. The van der Waals surface area contributed by atoms with Crippen LogP contribution in [0.1, 0.15) is 53.6 Å². The van der Waals surface area contributed by atoms with Crippen LogP contribution in [0.4, 0.5) is 0 Å². The van der Waals surface area contributed by atoms with E-state index in [1.807, 2.05) is 0 Å². The van der Waals surface area contributed by atoms with Crippen LogP contribution in [0.15, 0.2) is 97.1 Å². The molecular weight excluding hydrogens is 659 g/mol. The number of hydrogen-bond acceptors (Lipinski definition) is 0. The minimum Gasteiger partial charge on any atom is -0.358 e. The Labute approximate surface area is 267 Å². The fraction of sp³-hybridized carbons (Fsp3) is 0.200. The topological polar surface area (TPSA) is 0 Å². The number of rotatable bonds is 5. The van der Waals surface area contributed by atoms with Crippen LogP contribution < -0.4 is 0 Å². The number of fused-ring (bicyclic) bond motifs is 2. The third-order valence-corrected chi connectivity index (χ3v) is 8.85. The van der Waals surface area contributed by atoms with Gasteiger partial charge in [-0.2, -0.15) is 12.1 Å². The molecule has 6 rings (SSSR count). The van der Waals surface area contributed by atoms with Gasteiger partial charge in [-0.05, 0) is 61.8 Å². The van der Waals surface area contributed by atoms with Gasteiger partial charge in [0, 0.05) is 0 Å². The molecule has 6 aromatic carbocycles. The smallest absolute Gasteiger partial charge is 0.358 e. The maximum atomic E-state index is 2.46. The van der Waals surface area contributed by atoms with Gasteiger partial charge < -0.3 is 14.9 Å². The molecule has 41 heavy (non-hydrogen) atoms. The van der Waals surface area contributed by atoms with Crippen LogP contribution in [-0.4, -0.2) is 0 Å². The van der Waals surface area contributed by atoms with Gasteiger partial charge in [0.25, 0.3) is 0 Å². The summed E-state index contributed by atoms with van der Waals surface area (Å²) in [7, 11) is 0. The molecule has 0 aliphatic heterocycles. The first kappa shape index (κ1) is 32.5. The summed E-state index contributed by atoms with van der Waals surface area (Å²) in [6.45, 7) is 13.5.